The lowest BCUT2D eigenvalue weighted by Crippen LogP contribution is -2.26. The van der Waals surface area contributed by atoms with Gasteiger partial charge in [-0.05, 0) is 19.3 Å². The highest BCUT2D eigenvalue weighted by molar-refractivity contribution is 6.25. The predicted molar refractivity (Wildman–Crippen MR) is 143 cm³/mol. The van der Waals surface area contributed by atoms with Gasteiger partial charge in [0.05, 0.1) is 32.3 Å². The molecule has 0 aliphatic carbocycles. The monoisotopic (exact) mass is 495 g/mol. The highest BCUT2D eigenvalue weighted by atomic mass is 16.2. The van der Waals surface area contributed by atoms with Gasteiger partial charge in [-0.3, -0.25) is 42.5 Å². The third-order valence-electron chi connectivity index (χ3n) is 7.21. The van der Waals surface area contributed by atoms with Crippen LogP contribution in [0, 0.1) is 0 Å². The fraction of sp³-hybridized carbons (Fsp3) is 0.556. The predicted octanol–water partition coefficient (Wildman–Crippen LogP) is 2.60. The van der Waals surface area contributed by atoms with E-state index in [-0.39, 0.29) is 52.0 Å². The smallest absolute Gasteiger partial charge is 0.262 e. The van der Waals surface area contributed by atoms with Gasteiger partial charge >= 0.3 is 0 Å². The number of nitrogens with zero attached hydrogens (tertiary/aromatic N) is 3. The van der Waals surface area contributed by atoms with E-state index in [0.717, 1.165) is 52.2 Å². The lowest BCUT2D eigenvalue weighted by molar-refractivity contribution is 0.583. The van der Waals surface area contributed by atoms with Gasteiger partial charge in [0.2, 0.25) is 0 Å². The third-order valence-corrected chi connectivity index (χ3v) is 7.21. The zero-order chi connectivity index (χ0) is 26.1. The third kappa shape index (κ3) is 3.85. The van der Waals surface area contributed by atoms with Crippen LogP contribution in [0.1, 0.15) is 78.6 Å². The van der Waals surface area contributed by atoms with Crippen LogP contribution in [-0.4, -0.2) is 13.7 Å². The van der Waals surface area contributed by atoms with E-state index < -0.39 is 33.4 Å². The van der Waals surface area contributed by atoms with Crippen LogP contribution in [0.2, 0.25) is 0 Å². The second-order valence-corrected chi connectivity index (χ2v) is 9.66. The Kier molecular flexibility index (Phi) is 7.38. The first-order chi connectivity index (χ1) is 17.3. The normalized spacial score (nSPS) is 12.1. The zero-order valence-electron chi connectivity index (χ0n) is 21.3. The summed E-state index contributed by atoms with van der Waals surface area (Å²) in [5.74, 6) is 0. The molecule has 0 N–H and O–H groups in total. The van der Waals surface area contributed by atoms with Crippen molar-refractivity contribution in [2.75, 3.05) is 0 Å². The maximum atomic E-state index is 13.5. The van der Waals surface area contributed by atoms with Gasteiger partial charge in [-0.25, -0.2) is 0 Å². The maximum Gasteiger partial charge on any atom is 0.262 e. The van der Waals surface area contributed by atoms with Crippen LogP contribution in [0.5, 0.6) is 0 Å². The van der Waals surface area contributed by atoms with Crippen molar-refractivity contribution >= 4 is 32.3 Å². The van der Waals surface area contributed by atoms with Crippen LogP contribution in [0.4, 0.5) is 0 Å². The molecule has 0 aliphatic rings. The molecule has 0 bridgehead atoms. The standard InChI is InChI=1S/C27H33N3O6/c1-4-7-10-13-28-22(31)16-17(23(28)32)19-21(27(36)30(25(19)34)15-12-9-6-3)20-18(16)24(33)29(26(20)35)14-11-8-5-2/h4-15H2,1-3H3. The van der Waals surface area contributed by atoms with E-state index in [1.165, 1.54) is 0 Å². The number of hydrogen-bond acceptors (Lipinski definition) is 6. The molecular formula is C27H33N3O6. The number of rotatable bonds is 12. The van der Waals surface area contributed by atoms with Crippen LogP contribution < -0.4 is 33.4 Å². The molecule has 1 aromatic carbocycles. The van der Waals surface area contributed by atoms with Gasteiger partial charge in [0.1, 0.15) is 0 Å². The summed E-state index contributed by atoms with van der Waals surface area (Å²) in [6, 6.07) is 0. The molecule has 0 amide bonds. The molecule has 9 heteroatoms. The molecule has 9 nitrogen and oxygen atoms in total. The van der Waals surface area contributed by atoms with E-state index >= 15 is 0 Å². The van der Waals surface area contributed by atoms with Crippen LogP contribution in [0.25, 0.3) is 32.3 Å². The Labute approximate surface area is 206 Å². The van der Waals surface area contributed by atoms with Crippen LogP contribution in [0.15, 0.2) is 28.8 Å². The molecule has 0 saturated carbocycles. The zero-order valence-corrected chi connectivity index (χ0v) is 21.3. The number of hydrogen-bond donors (Lipinski definition) is 0. The van der Waals surface area contributed by atoms with Gasteiger partial charge in [-0.2, -0.15) is 0 Å². The van der Waals surface area contributed by atoms with Crippen LogP contribution >= 0.6 is 0 Å². The molecule has 0 fully saturated rings. The second kappa shape index (κ2) is 10.3. The van der Waals surface area contributed by atoms with Gasteiger partial charge in [0.15, 0.2) is 0 Å². The molecule has 0 spiro atoms. The van der Waals surface area contributed by atoms with Crippen molar-refractivity contribution in [3.63, 3.8) is 0 Å². The molecule has 3 aromatic heterocycles. The van der Waals surface area contributed by atoms with Gasteiger partial charge in [0.25, 0.3) is 33.4 Å². The fourth-order valence-electron chi connectivity index (χ4n) is 5.29. The summed E-state index contributed by atoms with van der Waals surface area (Å²) < 4.78 is 3.15. The summed E-state index contributed by atoms with van der Waals surface area (Å²) >= 11 is 0. The van der Waals surface area contributed by atoms with E-state index in [2.05, 4.69) is 0 Å². The Morgan fingerprint density at radius 2 is 0.556 bits per heavy atom. The minimum Gasteiger partial charge on any atom is -0.274 e. The molecule has 0 unspecified atom stereocenters. The summed E-state index contributed by atoms with van der Waals surface area (Å²) in [4.78, 5) is 80.8. The Morgan fingerprint density at radius 1 is 0.361 bits per heavy atom. The van der Waals surface area contributed by atoms with Gasteiger partial charge < -0.3 is 0 Å². The summed E-state index contributed by atoms with van der Waals surface area (Å²) in [5.41, 5.74) is -4.05. The second-order valence-electron chi connectivity index (χ2n) is 9.66. The summed E-state index contributed by atoms with van der Waals surface area (Å²) in [6.07, 6.45) is 6.79. The Balaban J connectivity index is 2.19. The van der Waals surface area contributed by atoms with Crippen molar-refractivity contribution < 1.29 is 0 Å². The topological polar surface area (TPSA) is 117 Å². The van der Waals surface area contributed by atoms with Crippen LogP contribution in [0.3, 0.4) is 0 Å². The molecule has 36 heavy (non-hydrogen) atoms. The summed E-state index contributed by atoms with van der Waals surface area (Å²) in [7, 11) is 0. The highest BCUT2D eigenvalue weighted by Gasteiger charge is 2.30. The lowest BCUT2D eigenvalue weighted by Gasteiger charge is -1.98. The lowest BCUT2D eigenvalue weighted by atomic mass is 10.0. The minimum absolute atomic E-state index is 0.147. The molecular weight excluding hydrogens is 462 g/mol. The average molecular weight is 496 g/mol. The number of unbranched alkanes of at least 4 members (excludes halogenated alkanes) is 6. The Hall–Kier alpha value is -3.36. The van der Waals surface area contributed by atoms with E-state index in [9.17, 15) is 28.8 Å². The molecule has 3 heterocycles. The number of fused-ring (bicyclic) bond motifs is 6. The maximum absolute atomic E-state index is 13.5. The van der Waals surface area contributed by atoms with Crippen molar-refractivity contribution in [1.82, 2.24) is 13.7 Å². The quantitative estimate of drug-likeness (QED) is 0.279. The van der Waals surface area contributed by atoms with Crippen molar-refractivity contribution in [3.8, 4) is 0 Å². The first-order valence-electron chi connectivity index (χ1n) is 13.1. The van der Waals surface area contributed by atoms with Crippen LogP contribution in [-0.2, 0) is 19.6 Å². The van der Waals surface area contributed by atoms with E-state index in [1.807, 2.05) is 20.8 Å². The molecule has 4 rings (SSSR count). The first kappa shape index (κ1) is 25.7. The van der Waals surface area contributed by atoms with Crippen molar-refractivity contribution in [1.29, 1.82) is 0 Å². The van der Waals surface area contributed by atoms with Crippen molar-refractivity contribution in [3.05, 3.63) is 62.1 Å². The SMILES string of the molecule is CCCCCn1c(=O)c2c3c(=O)n(CCCCC)c(=O)c3c3c(=O)n(CCCCC)c(=O)c3c2c1=O. The van der Waals surface area contributed by atoms with E-state index in [4.69, 9.17) is 0 Å². The molecule has 0 aliphatic heterocycles. The number of aromatic nitrogens is 3. The molecule has 4 aromatic rings. The molecule has 0 radical (unpaired) electrons. The first-order valence-corrected chi connectivity index (χ1v) is 13.1. The van der Waals surface area contributed by atoms with Gasteiger partial charge in [0, 0.05) is 19.6 Å². The number of benzene rings is 1. The Morgan fingerprint density at radius 3 is 0.722 bits per heavy atom. The van der Waals surface area contributed by atoms with Crippen molar-refractivity contribution in [2.45, 2.75) is 98.2 Å². The molecule has 0 saturated heterocycles. The largest absolute Gasteiger partial charge is 0.274 e. The van der Waals surface area contributed by atoms with Crippen molar-refractivity contribution in [2.24, 2.45) is 0 Å². The molecule has 0 atom stereocenters. The van der Waals surface area contributed by atoms with Gasteiger partial charge in [-0.1, -0.05) is 59.3 Å². The summed E-state index contributed by atoms with van der Waals surface area (Å²) in [6.45, 7) is 6.43. The van der Waals surface area contributed by atoms with E-state index in [1.54, 1.807) is 0 Å². The minimum atomic E-state index is -0.675. The molecule has 192 valence electrons. The van der Waals surface area contributed by atoms with E-state index in [0.29, 0.717) is 19.3 Å². The summed E-state index contributed by atoms with van der Waals surface area (Å²) in [5, 5.41) is -1.18. The Bertz CT molecular complexity index is 1400. The highest BCUT2D eigenvalue weighted by Crippen LogP contribution is 2.26. The van der Waals surface area contributed by atoms with Gasteiger partial charge in [-0.15, -0.1) is 0 Å². The average Bonchev–Trinajstić information content (AvgIpc) is 3.36. The fourth-order valence-corrected chi connectivity index (χ4v) is 5.29.